The highest BCUT2D eigenvalue weighted by Crippen LogP contribution is 2.30. The maximum Gasteiger partial charge on any atom is 0.412 e. The van der Waals surface area contributed by atoms with E-state index >= 15 is 0 Å². The minimum absolute atomic E-state index is 0.125. The molecule has 0 saturated heterocycles. The number of nitrogens with zero attached hydrogens (tertiary/aromatic N) is 1. The first kappa shape index (κ1) is 13.5. The third-order valence-electron chi connectivity index (χ3n) is 2.84. The van der Waals surface area contributed by atoms with Gasteiger partial charge in [-0.1, -0.05) is 12.5 Å². The van der Waals surface area contributed by atoms with Crippen molar-refractivity contribution in [1.82, 2.24) is 4.90 Å². The molecule has 5 heteroatoms. The van der Waals surface area contributed by atoms with Crippen LogP contribution in [0.25, 0.3) is 0 Å². The largest absolute Gasteiger partial charge is 0.412 e. The van der Waals surface area contributed by atoms with E-state index in [4.69, 9.17) is 5.73 Å². The van der Waals surface area contributed by atoms with Crippen molar-refractivity contribution < 1.29 is 13.2 Å². The average Bonchev–Trinajstić information content (AvgIpc) is 2.24. The highest BCUT2D eigenvalue weighted by Gasteiger charge is 2.34. The van der Waals surface area contributed by atoms with Gasteiger partial charge < -0.3 is 5.73 Å². The Morgan fingerprint density at radius 3 is 2.50 bits per heavy atom. The summed E-state index contributed by atoms with van der Waals surface area (Å²) in [5.41, 5.74) is 5.00. The van der Waals surface area contributed by atoms with E-state index < -0.39 is 6.18 Å². The van der Waals surface area contributed by atoms with Gasteiger partial charge >= 0.3 is 6.18 Å². The number of rotatable bonds is 5. The Bertz CT molecular complexity index is 236. The first-order valence-electron chi connectivity index (χ1n) is 5.72. The van der Waals surface area contributed by atoms with Gasteiger partial charge in [0, 0.05) is 18.7 Å². The Morgan fingerprint density at radius 1 is 1.25 bits per heavy atom. The molecule has 1 heterocycles. The van der Waals surface area contributed by atoms with Crippen LogP contribution in [-0.4, -0.2) is 37.3 Å². The molecule has 0 radical (unpaired) electrons. The minimum Gasteiger partial charge on any atom is -0.330 e. The molecule has 0 saturated carbocycles. The van der Waals surface area contributed by atoms with Crippen LogP contribution < -0.4 is 5.73 Å². The number of alkyl halides is 3. The fraction of sp³-hybridized carbons (Fsp3) is 0.818. The Morgan fingerprint density at radius 2 is 2.00 bits per heavy atom. The van der Waals surface area contributed by atoms with Crippen LogP contribution in [0.1, 0.15) is 25.7 Å². The summed E-state index contributed by atoms with van der Waals surface area (Å²) in [6.07, 6.45) is 0.380. The van der Waals surface area contributed by atoms with Crippen molar-refractivity contribution in [1.29, 1.82) is 0 Å². The number of nitrogens with two attached hydrogens (primary N) is 1. The van der Waals surface area contributed by atoms with E-state index in [0.717, 1.165) is 25.8 Å². The Kier molecular flexibility index (Phi) is 5.28. The molecular formula is C11H19F3N2. The van der Waals surface area contributed by atoms with Crippen molar-refractivity contribution in [3.05, 3.63) is 11.6 Å². The topological polar surface area (TPSA) is 29.3 Å². The molecule has 0 amide bonds. The van der Waals surface area contributed by atoms with Crippen LogP contribution in [0.4, 0.5) is 13.2 Å². The lowest BCUT2D eigenvalue weighted by Gasteiger charge is -2.27. The predicted molar refractivity (Wildman–Crippen MR) is 58.1 cm³/mol. The van der Waals surface area contributed by atoms with Crippen molar-refractivity contribution in [2.24, 2.45) is 5.73 Å². The van der Waals surface area contributed by atoms with Crippen LogP contribution in [0, 0.1) is 0 Å². The van der Waals surface area contributed by atoms with Gasteiger partial charge in [-0.15, -0.1) is 0 Å². The lowest BCUT2D eigenvalue weighted by Crippen LogP contribution is -2.32. The van der Waals surface area contributed by atoms with Gasteiger partial charge in [0.25, 0.3) is 0 Å². The first-order chi connectivity index (χ1) is 7.54. The van der Waals surface area contributed by atoms with Crippen molar-refractivity contribution in [2.45, 2.75) is 31.9 Å². The van der Waals surface area contributed by atoms with Crippen LogP contribution in [-0.2, 0) is 0 Å². The average molecular weight is 236 g/mol. The van der Waals surface area contributed by atoms with Gasteiger partial charge in [-0.25, -0.2) is 0 Å². The van der Waals surface area contributed by atoms with E-state index in [1.54, 1.807) is 0 Å². The summed E-state index contributed by atoms with van der Waals surface area (Å²) in [6, 6.07) is 0. The van der Waals surface area contributed by atoms with Gasteiger partial charge in [-0.3, -0.25) is 4.90 Å². The highest BCUT2D eigenvalue weighted by atomic mass is 19.4. The van der Waals surface area contributed by atoms with E-state index in [2.05, 4.69) is 4.90 Å². The molecule has 0 aromatic rings. The monoisotopic (exact) mass is 236 g/mol. The van der Waals surface area contributed by atoms with Crippen LogP contribution in [0.2, 0.25) is 0 Å². The molecule has 0 aliphatic carbocycles. The SMILES string of the molecule is NCCCCCN1CC=C(C(F)(F)F)CC1. The lowest BCUT2D eigenvalue weighted by molar-refractivity contribution is -0.0960. The molecule has 2 nitrogen and oxygen atoms in total. The maximum absolute atomic E-state index is 12.3. The standard InChI is InChI=1S/C11H19F3N2/c12-11(13,14)10-4-8-16(9-5-10)7-3-1-2-6-15/h4H,1-3,5-9,15H2. The van der Waals surface area contributed by atoms with E-state index in [1.165, 1.54) is 6.08 Å². The summed E-state index contributed by atoms with van der Waals surface area (Å²) in [5.74, 6) is 0. The smallest absolute Gasteiger partial charge is 0.330 e. The van der Waals surface area contributed by atoms with E-state index in [-0.39, 0.29) is 12.0 Å². The zero-order valence-electron chi connectivity index (χ0n) is 9.39. The Balaban J connectivity index is 2.23. The summed E-state index contributed by atoms with van der Waals surface area (Å²) in [6.45, 7) is 2.52. The molecule has 0 spiro atoms. The quantitative estimate of drug-likeness (QED) is 0.586. The second kappa shape index (κ2) is 6.25. The van der Waals surface area contributed by atoms with Gasteiger partial charge in [-0.05, 0) is 32.4 Å². The van der Waals surface area contributed by atoms with Gasteiger partial charge in [0.05, 0.1) is 0 Å². The molecular weight excluding hydrogens is 217 g/mol. The molecule has 94 valence electrons. The normalized spacial score (nSPS) is 18.6. The van der Waals surface area contributed by atoms with Gasteiger partial charge in [0.1, 0.15) is 0 Å². The molecule has 2 N–H and O–H groups in total. The fourth-order valence-corrected chi connectivity index (χ4v) is 1.83. The molecule has 1 aliphatic heterocycles. The van der Waals surface area contributed by atoms with Crippen molar-refractivity contribution >= 4 is 0 Å². The van der Waals surface area contributed by atoms with Crippen molar-refractivity contribution in [2.75, 3.05) is 26.2 Å². The van der Waals surface area contributed by atoms with Crippen LogP contribution in [0.15, 0.2) is 11.6 Å². The summed E-state index contributed by atoms with van der Waals surface area (Å²) >= 11 is 0. The third kappa shape index (κ3) is 4.53. The number of hydrogen-bond donors (Lipinski definition) is 1. The minimum atomic E-state index is -4.13. The van der Waals surface area contributed by atoms with Crippen molar-refractivity contribution in [3.63, 3.8) is 0 Å². The van der Waals surface area contributed by atoms with E-state index in [1.807, 2.05) is 0 Å². The molecule has 0 atom stereocenters. The molecule has 0 bridgehead atoms. The molecule has 0 aromatic carbocycles. The van der Waals surface area contributed by atoms with Gasteiger partial charge in [-0.2, -0.15) is 13.2 Å². The zero-order chi connectivity index (χ0) is 12.0. The van der Waals surface area contributed by atoms with Crippen molar-refractivity contribution in [3.8, 4) is 0 Å². The van der Waals surface area contributed by atoms with E-state index in [0.29, 0.717) is 19.6 Å². The number of hydrogen-bond acceptors (Lipinski definition) is 2. The fourth-order valence-electron chi connectivity index (χ4n) is 1.83. The van der Waals surface area contributed by atoms with Crippen LogP contribution >= 0.6 is 0 Å². The second-order valence-corrected chi connectivity index (χ2v) is 4.13. The second-order valence-electron chi connectivity index (χ2n) is 4.13. The summed E-state index contributed by atoms with van der Waals surface area (Å²) in [4.78, 5) is 2.06. The molecule has 1 aliphatic rings. The number of halogens is 3. The third-order valence-corrected chi connectivity index (χ3v) is 2.84. The summed E-state index contributed by atoms with van der Waals surface area (Å²) < 4.78 is 37.0. The molecule has 16 heavy (non-hydrogen) atoms. The maximum atomic E-state index is 12.3. The molecule has 1 rings (SSSR count). The summed E-state index contributed by atoms with van der Waals surface area (Å²) in [7, 11) is 0. The number of unbranched alkanes of at least 4 members (excludes halogenated alkanes) is 2. The Hall–Kier alpha value is -0.550. The molecule has 0 aromatic heterocycles. The van der Waals surface area contributed by atoms with E-state index in [9.17, 15) is 13.2 Å². The molecule has 0 unspecified atom stereocenters. The molecule has 0 fully saturated rings. The highest BCUT2D eigenvalue weighted by molar-refractivity contribution is 5.12. The Labute approximate surface area is 94.3 Å². The van der Waals surface area contributed by atoms with Crippen LogP contribution in [0.3, 0.4) is 0 Å². The van der Waals surface area contributed by atoms with Gasteiger partial charge in [0.15, 0.2) is 0 Å². The predicted octanol–water partition coefficient (Wildman–Crippen LogP) is 2.31. The van der Waals surface area contributed by atoms with Gasteiger partial charge in [0.2, 0.25) is 0 Å². The first-order valence-corrected chi connectivity index (χ1v) is 5.72. The zero-order valence-corrected chi connectivity index (χ0v) is 9.39. The lowest BCUT2D eigenvalue weighted by atomic mass is 10.1. The summed E-state index contributed by atoms with van der Waals surface area (Å²) in [5, 5.41) is 0. The van der Waals surface area contributed by atoms with Crippen LogP contribution in [0.5, 0.6) is 0 Å².